The summed E-state index contributed by atoms with van der Waals surface area (Å²) < 4.78 is 31.3. The molecular weight excluding hydrogens is 563 g/mol. The fourth-order valence-electron chi connectivity index (χ4n) is 6.54. The maximum atomic E-state index is 14.2. The van der Waals surface area contributed by atoms with Gasteiger partial charge in [0.1, 0.15) is 11.6 Å². The van der Waals surface area contributed by atoms with Crippen LogP contribution >= 0.6 is 0 Å². The quantitative estimate of drug-likeness (QED) is 0.224. The molecule has 9 heteroatoms. The number of hydrogen-bond acceptors (Lipinski definition) is 6. The summed E-state index contributed by atoms with van der Waals surface area (Å²) in [7, 11) is 0. The van der Waals surface area contributed by atoms with Gasteiger partial charge in [0.05, 0.1) is 19.1 Å². The molecule has 8 nitrogen and oxygen atoms in total. The monoisotopic (exact) mass is 604 g/mol. The van der Waals surface area contributed by atoms with E-state index in [-0.39, 0.29) is 25.1 Å². The SMILES string of the molecule is CCCCOc1ccc([C@H]2[C@H](C(=O)O)[C@@H](c3ccc4c(c3C)OCO4)CN2CC(=O)Nc2c(CC)cc(F)cc2CC)cc1. The van der Waals surface area contributed by atoms with Crippen LogP contribution in [0.3, 0.4) is 0 Å². The van der Waals surface area contributed by atoms with Crippen LogP contribution < -0.4 is 19.5 Å². The van der Waals surface area contributed by atoms with Gasteiger partial charge in [0, 0.05) is 24.2 Å². The normalized spacial score (nSPS) is 19.2. The lowest BCUT2D eigenvalue weighted by atomic mass is 9.81. The van der Waals surface area contributed by atoms with E-state index < -0.39 is 23.8 Å². The van der Waals surface area contributed by atoms with Crippen LogP contribution in [0.25, 0.3) is 0 Å². The molecule has 234 valence electrons. The molecule has 1 saturated heterocycles. The summed E-state index contributed by atoms with van der Waals surface area (Å²) in [6.45, 7) is 8.90. The van der Waals surface area contributed by atoms with Crippen molar-refractivity contribution in [2.24, 2.45) is 5.92 Å². The molecule has 44 heavy (non-hydrogen) atoms. The Morgan fingerprint density at radius 2 is 1.75 bits per heavy atom. The molecule has 0 aromatic heterocycles. The first-order valence-corrected chi connectivity index (χ1v) is 15.4. The maximum absolute atomic E-state index is 14.2. The summed E-state index contributed by atoms with van der Waals surface area (Å²) in [4.78, 5) is 28.6. The van der Waals surface area contributed by atoms with Gasteiger partial charge in [-0.25, -0.2) is 4.39 Å². The van der Waals surface area contributed by atoms with E-state index in [9.17, 15) is 19.1 Å². The molecule has 0 unspecified atom stereocenters. The number of carboxylic acids is 1. The molecule has 1 amide bonds. The number of carbonyl (C=O) groups is 2. The minimum absolute atomic E-state index is 0.0347. The lowest BCUT2D eigenvalue weighted by molar-refractivity contribution is -0.143. The predicted molar refractivity (Wildman–Crippen MR) is 166 cm³/mol. The van der Waals surface area contributed by atoms with Gasteiger partial charge in [0.2, 0.25) is 12.7 Å². The maximum Gasteiger partial charge on any atom is 0.309 e. The van der Waals surface area contributed by atoms with Gasteiger partial charge in [-0.2, -0.15) is 0 Å². The third kappa shape index (κ3) is 6.38. The molecule has 0 bridgehead atoms. The smallest absolute Gasteiger partial charge is 0.309 e. The summed E-state index contributed by atoms with van der Waals surface area (Å²) in [5.74, 6) is -0.815. The first kappa shape index (κ1) is 31.3. The van der Waals surface area contributed by atoms with E-state index in [0.717, 1.165) is 46.4 Å². The molecule has 2 aliphatic rings. The Hall–Kier alpha value is -4.11. The van der Waals surface area contributed by atoms with Crippen molar-refractivity contribution in [3.63, 3.8) is 0 Å². The van der Waals surface area contributed by atoms with Crippen LogP contribution in [0.5, 0.6) is 17.2 Å². The number of fused-ring (bicyclic) bond motifs is 1. The molecule has 3 atom stereocenters. The second-order valence-corrected chi connectivity index (χ2v) is 11.5. The van der Waals surface area contributed by atoms with Gasteiger partial charge in [-0.1, -0.05) is 45.4 Å². The standard InChI is InChI=1S/C35H41FN2O6/c1-5-8-15-42-26-11-9-24(10-12-26)33-31(35(40)41)28(27-13-14-29-34(21(27)4)44-20-43-29)18-38(33)19-30(39)37-32-22(6-2)16-25(36)17-23(32)7-3/h9-14,16-17,28,31,33H,5-8,15,18-20H2,1-4H3,(H,37,39)(H,40,41)/t28-,31-,33+/m1/s1. The predicted octanol–water partition coefficient (Wildman–Crippen LogP) is 6.65. The van der Waals surface area contributed by atoms with Gasteiger partial charge in [0.15, 0.2) is 11.5 Å². The Bertz CT molecular complexity index is 1480. The zero-order valence-corrected chi connectivity index (χ0v) is 25.8. The van der Waals surface area contributed by atoms with Crippen LogP contribution in [0.1, 0.15) is 73.4 Å². The number of carbonyl (C=O) groups excluding carboxylic acids is 1. The van der Waals surface area contributed by atoms with E-state index in [1.807, 2.05) is 62.1 Å². The highest BCUT2D eigenvalue weighted by Crippen LogP contribution is 2.49. The number of nitrogens with one attached hydrogen (secondary N) is 1. The van der Waals surface area contributed by atoms with E-state index in [0.29, 0.717) is 43.2 Å². The Morgan fingerprint density at radius 3 is 2.39 bits per heavy atom. The van der Waals surface area contributed by atoms with Crippen LogP contribution in [-0.4, -0.2) is 48.4 Å². The number of ether oxygens (including phenoxy) is 3. The summed E-state index contributed by atoms with van der Waals surface area (Å²) in [6.07, 6.45) is 3.09. The number of likely N-dealkylation sites (tertiary alicyclic amines) is 1. The molecular formula is C35H41FN2O6. The number of halogens is 1. The average Bonchev–Trinajstić information content (AvgIpc) is 3.64. The Kier molecular flexibility index (Phi) is 9.74. The van der Waals surface area contributed by atoms with Crippen LogP contribution in [0, 0.1) is 18.7 Å². The minimum atomic E-state index is -0.941. The number of nitrogens with zero attached hydrogens (tertiary/aromatic N) is 1. The zero-order valence-electron chi connectivity index (χ0n) is 25.8. The van der Waals surface area contributed by atoms with E-state index >= 15 is 0 Å². The molecule has 2 N–H and O–H groups in total. The van der Waals surface area contributed by atoms with Crippen LogP contribution in [0.15, 0.2) is 48.5 Å². The third-order valence-electron chi connectivity index (χ3n) is 8.74. The lowest BCUT2D eigenvalue weighted by Gasteiger charge is -2.27. The molecule has 2 aliphatic heterocycles. The molecule has 1 fully saturated rings. The average molecular weight is 605 g/mol. The Morgan fingerprint density at radius 1 is 1.05 bits per heavy atom. The van der Waals surface area contributed by atoms with Gasteiger partial charge < -0.3 is 24.6 Å². The zero-order chi connectivity index (χ0) is 31.4. The second kappa shape index (κ2) is 13.7. The van der Waals surface area contributed by atoms with E-state index in [4.69, 9.17) is 14.2 Å². The van der Waals surface area contributed by atoms with Crippen molar-refractivity contribution in [2.75, 3.05) is 31.8 Å². The van der Waals surface area contributed by atoms with Crippen molar-refractivity contribution in [3.8, 4) is 17.2 Å². The fraction of sp³-hybridized carbons (Fsp3) is 0.429. The molecule has 3 aromatic carbocycles. The Labute approximate surface area is 258 Å². The number of amides is 1. The largest absolute Gasteiger partial charge is 0.494 e. The van der Waals surface area contributed by atoms with Gasteiger partial charge in [0.25, 0.3) is 0 Å². The van der Waals surface area contributed by atoms with Crippen LogP contribution in [-0.2, 0) is 22.4 Å². The van der Waals surface area contributed by atoms with Crippen molar-refractivity contribution in [1.82, 2.24) is 4.90 Å². The van der Waals surface area contributed by atoms with Gasteiger partial charge in [-0.3, -0.25) is 14.5 Å². The number of aryl methyl sites for hydroxylation is 2. The number of rotatable bonds is 12. The summed E-state index contributed by atoms with van der Waals surface area (Å²) in [5.41, 5.74) is 4.57. The number of hydrogen-bond donors (Lipinski definition) is 2. The first-order chi connectivity index (χ1) is 21.2. The van der Waals surface area contributed by atoms with Gasteiger partial charge in [-0.15, -0.1) is 0 Å². The van der Waals surface area contributed by atoms with Crippen molar-refractivity contribution in [1.29, 1.82) is 0 Å². The number of anilines is 1. The number of benzene rings is 3. The van der Waals surface area contributed by atoms with E-state index in [1.54, 1.807) is 0 Å². The lowest BCUT2D eigenvalue weighted by Crippen LogP contribution is -2.35. The number of aliphatic carboxylic acids is 1. The fourth-order valence-corrected chi connectivity index (χ4v) is 6.54. The number of carboxylic acid groups (broad SMARTS) is 1. The van der Waals surface area contributed by atoms with Crippen LogP contribution in [0.2, 0.25) is 0 Å². The molecule has 0 radical (unpaired) electrons. The molecule has 3 aromatic rings. The topological polar surface area (TPSA) is 97.3 Å². The van der Waals surface area contributed by atoms with E-state index in [2.05, 4.69) is 12.2 Å². The molecule has 0 saturated carbocycles. The summed E-state index contributed by atoms with van der Waals surface area (Å²) in [5, 5.41) is 13.7. The van der Waals surface area contributed by atoms with Crippen molar-refractivity contribution in [3.05, 3.63) is 82.2 Å². The van der Waals surface area contributed by atoms with E-state index in [1.165, 1.54) is 12.1 Å². The highest BCUT2D eigenvalue weighted by Gasteiger charge is 2.48. The first-order valence-electron chi connectivity index (χ1n) is 15.4. The third-order valence-corrected chi connectivity index (χ3v) is 8.74. The van der Waals surface area contributed by atoms with Crippen LogP contribution in [0.4, 0.5) is 10.1 Å². The Balaban J connectivity index is 1.49. The highest BCUT2D eigenvalue weighted by atomic mass is 19.1. The molecule has 2 heterocycles. The molecule has 0 spiro atoms. The molecule has 5 rings (SSSR count). The second-order valence-electron chi connectivity index (χ2n) is 11.5. The summed E-state index contributed by atoms with van der Waals surface area (Å²) in [6, 6.07) is 13.6. The highest BCUT2D eigenvalue weighted by molar-refractivity contribution is 5.94. The van der Waals surface area contributed by atoms with Crippen molar-refractivity contribution in [2.45, 2.75) is 65.3 Å². The minimum Gasteiger partial charge on any atom is -0.494 e. The molecule has 0 aliphatic carbocycles. The summed E-state index contributed by atoms with van der Waals surface area (Å²) >= 11 is 0. The number of unbranched alkanes of at least 4 members (excludes halogenated alkanes) is 1. The van der Waals surface area contributed by atoms with Gasteiger partial charge >= 0.3 is 5.97 Å². The van der Waals surface area contributed by atoms with Crippen molar-refractivity contribution >= 4 is 17.6 Å². The van der Waals surface area contributed by atoms with Crippen molar-refractivity contribution < 1.29 is 33.3 Å². The van der Waals surface area contributed by atoms with Gasteiger partial charge in [-0.05, 0) is 84.3 Å².